The van der Waals surface area contributed by atoms with Crippen LogP contribution in [0, 0.1) is 0 Å². The Morgan fingerprint density at radius 2 is 0.837 bits per heavy atom. The Bertz CT molecular complexity index is 719. The van der Waals surface area contributed by atoms with Crippen LogP contribution in [0.25, 0.3) is 0 Å². The van der Waals surface area contributed by atoms with Crippen molar-refractivity contribution in [2.45, 2.75) is 243 Å². The van der Waals surface area contributed by atoms with Crippen molar-refractivity contribution in [1.29, 1.82) is 0 Å². The predicted molar refractivity (Wildman–Crippen MR) is 207 cm³/mol. The first kappa shape index (κ1) is 48.0. The molecule has 0 aliphatic heterocycles. The minimum Gasteiger partial charge on any atom is -0.394 e. The molecule has 7 heteroatoms. The summed E-state index contributed by atoms with van der Waals surface area (Å²) in [6, 6.07) is -1.12. The standard InChI is InChI=1S/C42H83NO6/c1-3-5-7-9-11-13-15-17-18-19-20-21-22-23-25-27-29-31-33-35-39(46)41(48)42(49)43-37(36-44)40(47)38(45)34-32-30-28-26-24-16-14-12-10-8-6-4-2/h26,28,37-41,44-48H,3-25,27,29-36H2,1-2H3,(H,43,49)/b28-26+. The highest BCUT2D eigenvalue weighted by Crippen LogP contribution is 2.16. The van der Waals surface area contributed by atoms with E-state index in [1.807, 2.05) is 0 Å². The summed E-state index contributed by atoms with van der Waals surface area (Å²) in [7, 11) is 0. The second kappa shape index (κ2) is 36.8. The van der Waals surface area contributed by atoms with Crippen LogP contribution in [0.15, 0.2) is 12.2 Å². The second-order valence-corrected chi connectivity index (χ2v) is 14.8. The maximum absolute atomic E-state index is 12.5. The zero-order valence-electron chi connectivity index (χ0n) is 32.3. The molecule has 0 aromatic carbocycles. The average molecular weight is 698 g/mol. The van der Waals surface area contributed by atoms with Crippen LogP contribution in [0.3, 0.4) is 0 Å². The number of nitrogens with one attached hydrogen (secondary N) is 1. The minimum absolute atomic E-state index is 0.314. The molecule has 0 rings (SSSR count). The summed E-state index contributed by atoms with van der Waals surface area (Å²) >= 11 is 0. The number of aliphatic hydroxyl groups is 5. The molecule has 0 radical (unpaired) electrons. The predicted octanol–water partition coefficient (Wildman–Crippen LogP) is 9.60. The van der Waals surface area contributed by atoms with Crippen molar-refractivity contribution in [2.75, 3.05) is 6.61 Å². The Balaban J connectivity index is 3.85. The fraction of sp³-hybridized carbons (Fsp3) is 0.929. The molecule has 0 bridgehead atoms. The Kier molecular flexibility index (Phi) is 36.0. The highest BCUT2D eigenvalue weighted by molar-refractivity contribution is 5.81. The Morgan fingerprint density at radius 1 is 0.490 bits per heavy atom. The van der Waals surface area contributed by atoms with Gasteiger partial charge in [-0.25, -0.2) is 0 Å². The number of rotatable bonds is 38. The second-order valence-electron chi connectivity index (χ2n) is 14.8. The summed E-state index contributed by atoms with van der Waals surface area (Å²) in [5.74, 6) is -0.844. The van der Waals surface area contributed by atoms with Gasteiger partial charge in [-0.1, -0.05) is 187 Å². The molecular formula is C42H83NO6. The van der Waals surface area contributed by atoms with E-state index >= 15 is 0 Å². The molecule has 0 aromatic heterocycles. The summed E-state index contributed by atoms with van der Waals surface area (Å²) in [4.78, 5) is 12.5. The number of unbranched alkanes of at least 4 members (excludes halogenated alkanes) is 26. The quantitative estimate of drug-likeness (QED) is 0.0282. The van der Waals surface area contributed by atoms with Crippen LogP contribution in [0.4, 0.5) is 0 Å². The van der Waals surface area contributed by atoms with Gasteiger partial charge in [-0.15, -0.1) is 0 Å². The minimum atomic E-state index is -1.64. The molecule has 0 fully saturated rings. The van der Waals surface area contributed by atoms with Crippen LogP contribution in [-0.2, 0) is 4.79 Å². The van der Waals surface area contributed by atoms with Crippen molar-refractivity contribution in [2.24, 2.45) is 0 Å². The lowest BCUT2D eigenvalue weighted by Gasteiger charge is -2.28. The summed E-state index contributed by atoms with van der Waals surface area (Å²) in [5.41, 5.74) is 0. The third kappa shape index (κ3) is 30.4. The number of carbonyl (C=O) groups excluding carboxylic acids is 1. The Morgan fingerprint density at radius 3 is 1.24 bits per heavy atom. The van der Waals surface area contributed by atoms with E-state index in [0.717, 1.165) is 32.1 Å². The number of aliphatic hydroxyl groups excluding tert-OH is 5. The molecule has 0 aliphatic carbocycles. The van der Waals surface area contributed by atoms with Crippen molar-refractivity contribution in [1.82, 2.24) is 5.32 Å². The van der Waals surface area contributed by atoms with Crippen LogP contribution in [-0.4, -0.2) is 68.5 Å². The number of carbonyl (C=O) groups is 1. The van der Waals surface area contributed by atoms with Gasteiger partial charge in [0.25, 0.3) is 5.91 Å². The molecular weight excluding hydrogens is 614 g/mol. The van der Waals surface area contributed by atoms with Crippen molar-refractivity contribution >= 4 is 5.91 Å². The number of allylic oxidation sites excluding steroid dienone is 2. The summed E-state index contributed by atoms with van der Waals surface area (Å²) in [6.45, 7) is 3.92. The van der Waals surface area contributed by atoms with Gasteiger partial charge < -0.3 is 30.8 Å². The molecule has 0 aliphatic rings. The van der Waals surface area contributed by atoms with Crippen LogP contribution in [0.2, 0.25) is 0 Å². The molecule has 0 aromatic rings. The number of hydrogen-bond acceptors (Lipinski definition) is 6. The smallest absolute Gasteiger partial charge is 0.251 e. The van der Waals surface area contributed by atoms with Crippen molar-refractivity contribution in [3.63, 3.8) is 0 Å². The largest absolute Gasteiger partial charge is 0.394 e. The first-order valence-electron chi connectivity index (χ1n) is 21.2. The van der Waals surface area contributed by atoms with Crippen LogP contribution < -0.4 is 5.32 Å². The van der Waals surface area contributed by atoms with Gasteiger partial charge in [0.15, 0.2) is 6.10 Å². The molecule has 6 N–H and O–H groups in total. The molecule has 5 unspecified atom stereocenters. The molecule has 7 nitrogen and oxygen atoms in total. The lowest BCUT2D eigenvalue weighted by molar-refractivity contribution is -0.138. The van der Waals surface area contributed by atoms with Crippen molar-refractivity contribution in [3.05, 3.63) is 12.2 Å². The number of hydrogen-bond donors (Lipinski definition) is 6. The van der Waals surface area contributed by atoms with E-state index in [1.54, 1.807) is 0 Å². The first-order chi connectivity index (χ1) is 23.9. The van der Waals surface area contributed by atoms with E-state index in [-0.39, 0.29) is 0 Å². The Hall–Kier alpha value is -0.990. The van der Waals surface area contributed by atoms with Gasteiger partial charge in [-0.3, -0.25) is 4.79 Å². The molecule has 49 heavy (non-hydrogen) atoms. The van der Waals surface area contributed by atoms with Crippen LogP contribution >= 0.6 is 0 Å². The van der Waals surface area contributed by atoms with Crippen LogP contribution in [0.1, 0.15) is 213 Å². The fourth-order valence-electron chi connectivity index (χ4n) is 6.61. The van der Waals surface area contributed by atoms with E-state index in [0.29, 0.717) is 19.3 Å². The van der Waals surface area contributed by atoms with Gasteiger partial charge in [0.05, 0.1) is 24.9 Å². The lowest BCUT2D eigenvalue weighted by Crippen LogP contribution is -2.54. The summed E-state index contributed by atoms with van der Waals surface area (Å²) in [5, 5.41) is 53.8. The van der Waals surface area contributed by atoms with E-state index < -0.39 is 43.0 Å². The fourth-order valence-corrected chi connectivity index (χ4v) is 6.61. The SMILES string of the molecule is CCCCCCCCC/C=C/CCCC(O)C(O)C(CO)NC(=O)C(O)C(O)CCCCCCCCCCCCCCCCCCCCC. The lowest BCUT2D eigenvalue weighted by atomic mass is 9.99. The van der Waals surface area contributed by atoms with Gasteiger partial charge in [0.2, 0.25) is 0 Å². The van der Waals surface area contributed by atoms with E-state index in [4.69, 9.17) is 0 Å². The topological polar surface area (TPSA) is 130 Å². The van der Waals surface area contributed by atoms with E-state index in [1.165, 1.54) is 148 Å². The maximum Gasteiger partial charge on any atom is 0.251 e. The molecule has 1 amide bonds. The highest BCUT2D eigenvalue weighted by atomic mass is 16.3. The van der Waals surface area contributed by atoms with Gasteiger partial charge in [0, 0.05) is 0 Å². The Labute approximate surface area is 303 Å². The van der Waals surface area contributed by atoms with E-state index in [9.17, 15) is 30.3 Å². The van der Waals surface area contributed by atoms with Gasteiger partial charge in [-0.05, 0) is 38.5 Å². The zero-order valence-corrected chi connectivity index (χ0v) is 32.3. The third-order valence-corrected chi connectivity index (χ3v) is 10.1. The average Bonchev–Trinajstić information content (AvgIpc) is 3.11. The van der Waals surface area contributed by atoms with Gasteiger partial charge >= 0.3 is 0 Å². The molecule has 0 saturated carbocycles. The van der Waals surface area contributed by atoms with Gasteiger partial charge in [0.1, 0.15) is 6.10 Å². The molecule has 0 heterocycles. The highest BCUT2D eigenvalue weighted by Gasteiger charge is 2.31. The molecule has 292 valence electrons. The first-order valence-corrected chi connectivity index (χ1v) is 21.2. The van der Waals surface area contributed by atoms with Crippen LogP contribution in [0.5, 0.6) is 0 Å². The third-order valence-electron chi connectivity index (χ3n) is 10.1. The van der Waals surface area contributed by atoms with Gasteiger partial charge in [-0.2, -0.15) is 0 Å². The monoisotopic (exact) mass is 698 g/mol. The molecule has 0 spiro atoms. The number of amides is 1. The molecule has 0 saturated heterocycles. The van der Waals surface area contributed by atoms with Crippen molar-refractivity contribution in [3.8, 4) is 0 Å². The summed E-state index contributed by atoms with van der Waals surface area (Å²) < 4.78 is 0. The maximum atomic E-state index is 12.5. The normalized spacial score (nSPS) is 15.0. The zero-order chi connectivity index (χ0) is 36.2. The van der Waals surface area contributed by atoms with E-state index in [2.05, 4.69) is 31.3 Å². The molecule has 5 atom stereocenters. The van der Waals surface area contributed by atoms with Crippen molar-refractivity contribution < 1.29 is 30.3 Å². The summed E-state index contributed by atoms with van der Waals surface area (Å²) in [6.07, 6.45) is 35.6.